The number of likely N-dealkylation sites (tertiary alicyclic amines) is 1. The summed E-state index contributed by atoms with van der Waals surface area (Å²) in [6, 6.07) is 1.53. The van der Waals surface area contributed by atoms with Gasteiger partial charge in [0.2, 0.25) is 0 Å². The minimum Gasteiger partial charge on any atom is -0.474 e. The molecular weight excluding hydrogens is 354 g/mol. The van der Waals surface area contributed by atoms with Crippen molar-refractivity contribution in [3.8, 4) is 5.75 Å². The second kappa shape index (κ2) is 6.87. The Morgan fingerprint density at radius 3 is 2.32 bits per heavy atom. The topological polar surface area (TPSA) is 75.7 Å². The Morgan fingerprint density at radius 1 is 1.16 bits per heavy atom. The van der Waals surface area contributed by atoms with Gasteiger partial charge in [-0.1, -0.05) is 0 Å². The van der Waals surface area contributed by atoms with Crippen LogP contribution in [0.1, 0.15) is 19.3 Å². The van der Waals surface area contributed by atoms with Crippen LogP contribution in [-0.4, -0.2) is 57.3 Å². The van der Waals surface area contributed by atoms with Gasteiger partial charge in [0.15, 0.2) is 33.3 Å². The van der Waals surface area contributed by atoms with Crippen molar-refractivity contribution in [3.63, 3.8) is 0 Å². The first-order valence-electron chi connectivity index (χ1n) is 8.14. The van der Waals surface area contributed by atoms with Crippen LogP contribution in [0, 0.1) is 11.6 Å². The van der Waals surface area contributed by atoms with Crippen LogP contribution in [0.4, 0.5) is 8.78 Å². The van der Waals surface area contributed by atoms with E-state index in [2.05, 4.69) is 5.32 Å². The molecule has 1 N–H and O–H groups in total. The molecule has 138 valence electrons. The lowest BCUT2D eigenvalue weighted by atomic mass is 10.1. The molecule has 0 radical (unpaired) electrons. The van der Waals surface area contributed by atoms with Crippen molar-refractivity contribution in [2.75, 3.05) is 25.9 Å². The van der Waals surface area contributed by atoms with Crippen LogP contribution in [0.15, 0.2) is 17.0 Å². The summed E-state index contributed by atoms with van der Waals surface area (Å²) in [4.78, 5) is 13.7. The number of ether oxygens (including phenoxy) is 1. The zero-order valence-electron chi connectivity index (χ0n) is 13.8. The number of carbonyl (C=O) groups is 1. The van der Waals surface area contributed by atoms with Crippen molar-refractivity contribution in [2.45, 2.75) is 36.3 Å². The Balaban J connectivity index is 1.76. The summed E-state index contributed by atoms with van der Waals surface area (Å²) in [6.45, 7) is 2.14. The minimum atomic E-state index is -3.74. The van der Waals surface area contributed by atoms with Crippen LogP contribution in [0.25, 0.3) is 0 Å². The maximum Gasteiger partial charge on any atom is 0.263 e. The van der Waals surface area contributed by atoms with Crippen LogP contribution in [0.5, 0.6) is 5.75 Å². The van der Waals surface area contributed by atoms with E-state index in [1.807, 2.05) is 0 Å². The molecule has 0 unspecified atom stereocenters. The summed E-state index contributed by atoms with van der Waals surface area (Å²) < 4.78 is 56.4. The van der Waals surface area contributed by atoms with Crippen molar-refractivity contribution in [2.24, 2.45) is 0 Å². The van der Waals surface area contributed by atoms with Gasteiger partial charge in [-0.15, -0.1) is 0 Å². The first-order valence-corrected chi connectivity index (χ1v) is 10.0. The van der Waals surface area contributed by atoms with E-state index < -0.39 is 38.2 Å². The predicted octanol–water partition coefficient (Wildman–Crippen LogP) is 1.10. The number of halogens is 2. The summed E-state index contributed by atoms with van der Waals surface area (Å²) in [6.07, 6.45) is 1.92. The molecule has 2 saturated heterocycles. The smallest absolute Gasteiger partial charge is 0.263 e. The largest absolute Gasteiger partial charge is 0.474 e. The number of nitrogens with one attached hydrogen (secondary N) is 1. The first kappa shape index (κ1) is 18.1. The Hall–Kier alpha value is -1.74. The monoisotopic (exact) mass is 374 g/mol. The third kappa shape index (κ3) is 3.77. The number of piperidine rings is 1. The first-order chi connectivity index (χ1) is 11.8. The van der Waals surface area contributed by atoms with Gasteiger partial charge in [0, 0.05) is 25.3 Å². The molecule has 1 aromatic rings. The maximum atomic E-state index is 14.1. The van der Waals surface area contributed by atoms with Crippen LogP contribution >= 0.6 is 0 Å². The van der Waals surface area contributed by atoms with E-state index >= 15 is 0 Å². The fraction of sp³-hybridized carbons (Fsp3) is 0.562. The fourth-order valence-corrected chi connectivity index (χ4v) is 3.91. The van der Waals surface area contributed by atoms with Gasteiger partial charge < -0.3 is 15.0 Å². The van der Waals surface area contributed by atoms with Crippen LogP contribution < -0.4 is 10.1 Å². The van der Waals surface area contributed by atoms with Gasteiger partial charge in [0.1, 0.15) is 0 Å². The average molecular weight is 374 g/mol. The van der Waals surface area contributed by atoms with E-state index in [4.69, 9.17) is 4.74 Å². The molecule has 25 heavy (non-hydrogen) atoms. The third-order valence-corrected chi connectivity index (χ3v) is 5.69. The lowest BCUT2D eigenvalue weighted by Gasteiger charge is -2.31. The third-order valence-electron chi connectivity index (χ3n) is 4.60. The Morgan fingerprint density at radius 2 is 1.76 bits per heavy atom. The van der Waals surface area contributed by atoms with Gasteiger partial charge >= 0.3 is 0 Å². The number of hydrogen-bond donors (Lipinski definition) is 1. The number of amides is 1. The lowest BCUT2D eigenvalue weighted by molar-refractivity contribution is -0.135. The molecule has 0 aliphatic carbocycles. The van der Waals surface area contributed by atoms with Crippen molar-refractivity contribution in [3.05, 3.63) is 23.8 Å². The second-order valence-electron chi connectivity index (χ2n) is 6.40. The summed E-state index contributed by atoms with van der Waals surface area (Å²) in [5.74, 6) is -3.25. The lowest BCUT2D eigenvalue weighted by Crippen LogP contribution is -2.45. The molecule has 1 atom stereocenters. The average Bonchev–Trinajstić information content (AvgIpc) is 2.91. The highest BCUT2D eigenvalue weighted by Crippen LogP contribution is 2.29. The summed E-state index contributed by atoms with van der Waals surface area (Å²) in [5.41, 5.74) is 0. The molecule has 2 aliphatic heterocycles. The molecule has 0 saturated carbocycles. The SMILES string of the molecule is CS(=O)(=O)c1cc(F)c(O[C@H]2CCN(C3CCNCC3)C2=O)c(F)c1. The number of nitrogens with zero attached hydrogens (tertiary/aromatic N) is 1. The van der Waals surface area contributed by atoms with Gasteiger partial charge in [-0.2, -0.15) is 0 Å². The van der Waals surface area contributed by atoms with Crippen molar-refractivity contribution in [1.29, 1.82) is 0 Å². The van der Waals surface area contributed by atoms with E-state index in [1.54, 1.807) is 4.90 Å². The van der Waals surface area contributed by atoms with E-state index in [0.717, 1.165) is 32.2 Å². The van der Waals surface area contributed by atoms with Gasteiger partial charge in [0.25, 0.3) is 5.91 Å². The Bertz CT molecular complexity index is 755. The second-order valence-corrected chi connectivity index (χ2v) is 8.41. The van der Waals surface area contributed by atoms with Crippen molar-refractivity contribution < 1.29 is 26.7 Å². The maximum absolute atomic E-state index is 14.1. The van der Waals surface area contributed by atoms with Crippen molar-refractivity contribution in [1.82, 2.24) is 10.2 Å². The number of benzene rings is 1. The number of sulfone groups is 1. The zero-order chi connectivity index (χ0) is 18.2. The summed E-state index contributed by atoms with van der Waals surface area (Å²) in [5, 5.41) is 3.22. The normalized spacial score (nSPS) is 22.4. The molecule has 6 nitrogen and oxygen atoms in total. The zero-order valence-corrected chi connectivity index (χ0v) is 14.6. The fourth-order valence-electron chi connectivity index (χ4n) is 3.27. The molecule has 9 heteroatoms. The van der Waals surface area contributed by atoms with Gasteiger partial charge in [-0.25, -0.2) is 17.2 Å². The minimum absolute atomic E-state index is 0.115. The van der Waals surface area contributed by atoms with E-state index in [9.17, 15) is 22.0 Å². The summed E-state index contributed by atoms with van der Waals surface area (Å²) in [7, 11) is -3.74. The quantitative estimate of drug-likeness (QED) is 0.854. The van der Waals surface area contributed by atoms with Crippen molar-refractivity contribution >= 4 is 15.7 Å². The highest BCUT2D eigenvalue weighted by atomic mass is 32.2. The molecular formula is C16H20F2N2O4S. The highest BCUT2D eigenvalue weighted by molar-refractivity contribution is 7.90. The standard InChI is InChI=1S/C16H20F2N2O4S/c1-25(22,23)11-8-12(17)15(13(18)9-11)24-14-4-7-20(16(14)21)10-2-5-19-6-3-10/h8-10,14,19H,2-7H2,1H3/t14-/m0/s1. The van der Waals surface area contributed by atoms with Crippen LogP contribution in [-0.2, 0) is 14.6 Å². The molecule has 3 rings (SSSR count). The number of carbonyl (C=O) groups excluding carboxylic acids is 1. The van der Waals surface area contributed by atoms with Gasteiger partial charge in [-0.05, 0) is 38.1 Å². The van der Waals surface area contributed by atoms with E-state index in [0.29, 0.717) is 25.1 Å². The predicted molar refractivity (Wildman–Crippen MR) is 86.1 cm³/mol. The van der Waals surface area contributed by atoms with Crippen LogP contribution in [0.3, 0.4) is 0 Å². The molecule has 2 aliphatic rings. The summed E-state index contributed by atoms with van der Waals surface area (Å²) >= 11 is 0. The molecule has 2 heterocycles. The van der Waals surface area contributed by atoms with Crippen LogP contribution in [0.2, 0.25) is 0 Å². The molecule has 0 spiro atoms. The van der Waals surface area contributed by atoms with E-state index in [1.165, 1.54) is 0 Å². The molecule has 0 aromatic heterocycles. The number of hydrogen-bond acceptors (Lipinski definition) is 5. The Kier molecular flexibility index (Phi) is 4.97. The molecule has 2 fully saturated rings. The van der Waals surface area contributed by atoms with Gasteiger partial charge in [-0.3, -0.25) is 4.79 Å². The van der Waals surface area contributed by atoms with Gasteiger partial charge in [0.05, 0.1) is 4.90 Å². The molecule has 0 bridgehead atoms. The molecule has 1 amide bonds. The highest BCUT2D eigenvalue weighted by Gasteiger charge is 2.38. The Labute approximate surface area is 145 Å². The van der Waals surface area contributed by atoms with E-state index in [-0.39, 0.29) is 11.9 Å². The number of rotatable bonds is 4. The molecule has 1 aromatic carbocycles.